The lowest BCUT2D eigenvalue weighted by molar-refractivity contribution is -0.116. The van der Waals surface area contributed by atoms with E-state index in [9.17, 15) is 4.79 Å². The lowest BCUT2D eigenvalue weighted by Crippen LogP contribution is -2.25. The third kappa shape index (κ3) is 2.80. The quantitative estimate of drug-likeness (QED) is 0.637. The van der Waals surface area contributed by atoms with Gasteiger partial charge < -0.3 is 0 Å². The van der Waals surface area contributed by atoms with E-state index in [1.165, 1.54) is 5.57 Å². The Morgan fingerprint density at radius 2 is 2.07 bits per heavy atom. The zero-order chi connectivity index (χ0) is 11.5. The maximum atomic E-state index is 11.6. The van der Waals surface area contributed by atoms with Crippen LogP contribution in [0.3, 0.4) is 0 Å². The molecule has 0 aromatic heterocycles. The Bertz CT molecular complexity index is 305. The van der Waals surface area contributed by atoms with Gasteiger partial charge in [0.05, 0.1) is 0 Å². The van der Waals surface area contributed by atoms with Crippen LogP contribution < -0.4 is 0 Å². The summed E-state index contributed by atoms with van der Waals surface area (Å²) in [4.78, 5) is 11.6. The molecule has 1 aliphatic rings. The lowest BCUT2D eigenvalue weighted by Gasteiger charge is -2.33. The standard InChI is InChI=1S/C14H22O/c1-5-6-7-8-12-11(2)13(15)9-10-14(12,3)4/h5-6H,7-10H2,1-4H3/b6-5+. The zero-order valence-electron chi connectivity index (χ0n) is 10.4. The fourth-order valence-corrected chi connectivity index (χ4v) is 2.36. The van der Waals surface area contributed by atoms with Crippen LogP contribution in [0.15, 0.2) is 23.3 Å². The molecule has 84 valence electrons. The van der Waals surface area contributed by atoms with Crippen molar-refractivity contribution in [1.82, 2.24) is 0 Å². The first kappa shape index (κ1) is 12.2. The highest BCUT2D eigenvalue weighted by Gasteiger charge is 2.31. The largest absolute Gasteiger partial charge is 0.295 e. The molecule has 0 spiro atoms. The van der Waals surface area contributed by atoms with E-state index in [0.29, 0.717) is 5.78 Å². The van der Waals surface area contributed by atoms with Crippen molar-refractivity contribution in [3.63, 3.8) is 0 Å². The molecule has 0 radical (unpaired) electrons. The van der Waals surface area contributed by atoms with Crippen LogP contribution in [-0.4, -0.2) is 5.78 Å². The first-order chi connectivity index (χ1) is 6.99. The summed E-state index contributed by atoms with van der Waals surface area (Å²) >= 11 is 0. The monoisotopic (exact) mass is 206 g/mol. The van der Waals surface area contributed by atoms with Gasteiger partial charge in [-0.05, 0) is 44.1 Å². The van der Waals surface area contributed by atoms with Crippen LogP contribution in [0.1, 0.15) is 53.4 Å². The lowest BCUT2D eigenvalue weighted by atomic mass is 9.71. The van der Waals surface area contributed by atoms with Crippen LogP contribution in [0.4, 0.5) is 0 Å². The van der Waals surface area contributed by atoms with Gasteiger partial charge in [0.15, 0.2) is 5.78 Å². The third-order valence-electron chi connectivity index (χ3n) is 3.46. The normalized spacial score (nSPS) is 21.5. The van der Waals surface area contributed by atoms with Crippen molar-refractivity contribution < 1.29 is 4.79 Å². The van der Waals surface area contributed by atoms with E-state index in [2.05, 4.69) is 26.0 Å². The number of hydrogen-bond acceptors (Lipinski definition) is 1. The molecule has 0 saturated heterocycles. The van der Waals surface area contributed by atoms with Crippen molar-refractivity contribution in [2.75, 3.05) is 0 Å². The van der Waals surface area contributed by atoms with Gasteiger partial charge >= 0.3 is 0 Å². The molecule has 0 aromatic rings. The number of carbonyl (C=O) groups excluding carboxylic acids is 1. The number of hydrogen-bond donors (Lipinski definition) is 0. The number of allylic oxidation sites excluding steroid dienone is 4. The first-order valence-corrected chi connectivity index (χ1v) is 5.83. The highest BCUT2D eigenvalue weighted by Crippen LogP contribution is 2.40. The zero-order valence-corrected chi connectivity index (χ0v) is 10.4. The first-order valence-electron chi connectivity index (χ1n) is 5.83. The smallest absolute Gasteiger partial charge is 0.158 e. The van der Waals surface area contributed by atoms with Crippen molar-refractivity contribution in [3.8, 4) is 0 Å². The second-order valence-corrected chi connectivity index (χ2v) is 5.02. The van der Waals surface area contributed by atoms with Crippen molar-refractivity contribution in [1.29, 1.82) is 0 Å². The summed E-state index contributed by atoms with van der Waals surface area (Å²) in [6.07, 6.45) is 8.08. The van der Waals surface area contributed by atoms with Gasteiger partial charge in [0.1, 0.15) is 0 Å². The summed E-state index contributed by atoms with van der Waals surface area (Å²) in [7, 11) is 0. The van der Waals surface area contributed by atoms with Crippen molar-refractivity contribution >= 4 is 5.78 Å². The van der Waals surface area contributed by atoms with Crippen LogP contribution >= 0.6 is 0 Å². The Morgan fingerprint density at radius 3 is 2.67 bits per heavy atom. The Morgan fingerprint density at radius 1 is 1.40 bits per heavy atom. The van der Waals surface area contributed by atoms with E-state index in [1.807, 2.05) is 13.8 Å². The molecule has 0 atom stereocenters. The van der Waals surface area contributed by atoms with Gasteiger partial charge in [-0.25, -0.2) is 0 Å². The Labute approximate surface area is 93.3 Å². The topological polar surface area (TPSA) is 17.1 Å². The van der Waals surface area contributed by atoms with Crippen molar-refractivity contribution in [2.24, 2.45) is 5.41 Å². The average molecular weight is 206 g/mol. The molecule has 0 bridgehead atoms. The molecule has 0 unspecified atom stereocenters. The van der Waals surface area contributed by atoms with Crippen LogP contribution in [0.2, 0.25) is 0 Å². The molecule has 0 aromatic carbocycles. The molecule has 0 fully saturated rings. The van der Waals surface area contributed by atoms with Crippen LogP contribution in [-0.2, 0) is 4.79 Å². The van der Waals surface area contributed by atoms with Gasteiger partial charge in [0, 0.05) is 6.42 Å². The Hall–Kier alpha value is -0.850. The van der Waals surface area contributed by atoms with E-state index >= 15 is 0 Å². The van der Waals surface area contributed by atoms with E-state index in [-0.39, 0.29) is 5.41 Å². The minimum atomic E-state index is 0.222. The predicted octanol–water partition coefficient (Wildman–Crippen LogP) is 4.05. The minimum absolute atomic E-state index is 0.222. The van der Waals surface area contributed by atoms with E-state index in [4.69, 9.17) is 0 Å². The van der Waals surface area contributed by atoms with E-state index < -0.39 is 0 Å². The third-order valence-corrected chi connectivity index (χ3v) is 3.46. The maximum Gasteiger partial charge on any atom is 0.158 e. The average Bonchev–Trinajstić information content (AvgIpc) is 2.18. The molecule has 0 N–H and O–H groups in total. The summed E-state index contributed by atoms with van der Waals surface area (Å²) in [5, 5.41) is 0. The fraction of sp³-hybridized carbons (Fsp3) is 0.643. The summed E-state index contributed by atoms with van der Waals surface area (Å²) in [5.74, 6) is 0.352. The van der Waals surface area contributed by atoms with Gasteiger partial charge in [-0.2, -0.15) is 0 Å². The summed E-state index contributed by atoms with van der Waals surface area (Å²) in [6.45, 7) is 8.55. The van der Waals surface area contributed by atoms with Gasteiger partial charge in [-0.15, -0.1) is 0 Å². The van der Waals surface area contributed by atoms with Crippen molar-refractivity contribution in [3.05, 3.63) is 23.3 Å². The fourth-order valence-electron chi connectivity index (χ4n) is 2.36. The summed E-state index contributed by atoms with van der Waals surface area (Å²) in [5.41, 5.74) is 2.62. The molecule has 1 heteroatoms. The molecule has 0 heterocycles. The molecule has 1 rings (SSSR count). The second-order valence-electron chi connectivity index (χ2n) is 5.02. The Balaban J connectivity index is 2.86. The predicted molar refractivity (Wildman–Crippen MR) is 64.8 cm³/mol. The van der Waals surface area contributed by atoms with Crippen LogP contribution in [0.25, 0.3) is 0 Å². The Kier molecular flexibility index (Phi) is 3.90. The van der Waals surface area contributed by atoms with Crippen LogP contribution in [0.5, 0.6) is 0 Å². The highest BCUT2D eigenvalue weighted by atomic mass is 16.1. The molecule has 1 aliphatic carbocycles. The second kappa shape index (κ2) is 4.78. The molecular formula is C14H22O. The van der Waals surface area contributed by atoms with Gasteiger partial charge in [0.25, 0.3) is 0 Å². The molecule has 15 heavy (non-hydrogen) atoms. The van der Waals surface area contributed by atoms with Gasteiger partial charge in [-0.3, -0.25) is 4.79 Å². The number of ketones is 1. The summed E-state index contributed by atoms with van der Waals surface area (Å²) < 4.78 is 0. The SMILES string of the molecule is C/C=C/CCC1=C(C)C(=O)CCC1(C)C. The molecule has 0 saturated carbocycles. The highest BCUT2D eigenvalue weighted by molar-refractivity contribution is 5.96. The minimum Gasteiger partial charge on any atom is -0.295 e. The molecule has 0 amide bonds. The van der Waals surface area contributed by atoms with Gasteiger partial charge in [-0.1, -0.05) is 31.6 Å². The van der Waals surface area contributed by atoms with Crippen molar-refractivity contribution in [2.45, 2.75) is 53.4 Å². The maximum absolute atomic E-state index is 11.6. The number of carbonyl (C=O) groups is 1. The van der Waals surface area contributed by atoms with E-state index in [0.717, 1.165) is 31.3 Å². The van der Waals surface area contributed by atoms with Gasteiger partial charge in [0.2, 0.25) is 0 Å². The molecule has 0 aliphatic heterocycles. The molecule has 1 nitrogen and oxygen atoms in total. The number of rotatable bonds is 3. The van der Waals surface area contributed by atoms with Crippen LogP contribution in [0, 0.1) is 5.41 Å². The number of Topliss-reactive ketones (excluding diaryl/α,β-unsaturated/α-hetero) is 1. The van der Waals surface area contributed by atoms with E-state index in [1.54, 1.807) is 0 Å². The molecular weight excluding hydrogens is 184 g/mol. The summed E-state index contributed by atoms with van der Waals surface area (Å²) in [6, 6.07) is 0.